The fraction of sp³-hybridized carbons (Fsp3) is 0.130. The van der Waals surface area contributed by atoms with Crippen LogP contribution >= 0.6 is 0 Å². The highest BCUT2D eigenvalue weighted by Gasteiger charge is 2.26. The van der Waals surface area contributed by atoms with Crippen LogP contribution < -0.4 is 4.90 Å². The minimum atomic E-state index is -1.13. The Kier molecular flexibility index (Phi) is 5.10. The van der Waals surface area contributed by atoms with Crippen LogP contribution in [0, 0.1) is 12.7 Å². The summed E-state index contributed by atoms with van der Waals surface area (Å²) in [6, 6.07) is 13.4. The van der Waals surface area contributed by atoms with Crippen molar-refractivity contribution in [3.8, 4) is 22.5 Å². The molecule has 150 valence electrons. The van der Waals surface area contributed by atoms with Crippen molar-refractivity contribution in [3.05, 3.63) is 72.3 Å². The zero-order valence-corrected chi connectivity index (χ0v) is 16.5. The lowest BCUT2D eigenvalue weighted by atomic mass is 9.94. The van der Waals surface area contributed by atoms with E-state index in [4.69, 9.17) is 0 Å². The SMILES string of the molecule is CCN(C(=O)O)c1nc2ccc(F)cc2c(-c2ncccc2C)c1-c1ccccn1. The molecular weight excluding hydrogens is 383 g/mol. The molecule has 4 rings (SSSR count). The average molecular weight is 402 g/mol. The van der Waals surface area contributed by atoms with E-state index in [1.807, 2.05) is 25.1 Å². The molecule has 4 aromatic rings. The molecule has 0 fully saturated rings. The van der Waals surface area contributed by atoms with E-state index in [9.17, 15) is 14.3 Å². The lowest BCUT2D eigenvalue weighted by Crippen LogP contribution is -2.30. The van der Waals surface area contributed by atoms with Crippen molar-refractivity contribution in [3.63, 3.8) is 0 Å². The maximum Gasteiger partial charge on any atom is 0.413 e. The Bertz CT molecular complexity index is 1240. The Morgan fingerprint density at radius 3 is 2.53 bits per heavy atom. The van der Waals surface area contributed by atoms with E-state index in [0.717, 1.165) is 10.5 Å². The number of fused-ring (bicyclic) bond motifs is 1. The number of nitrogens with zero attached hydrogens (tertiary/aromatic N) is 4. The summed E-state index contributed by atoms with van der Waals surface area (Å²) in [5.41, 5.74) is 3.61. The zero-order chi connectivity index (χ0) is 21.3. The third-order valence-corrected chi connectivity index (χ3v) is 4.90. The van der Waals surface area contributed by atoms with Crippen LogP contribution in [0.1, 0.15) is 12.5 Å². The summed E-state index contributed by atoms with van der Waals surface area (Å²) in [7, 11) is 0. The normalized spacial score (nSPS) is 10.9. The summed E-state index contributed by atoms with van der Waals surface area (Å²) < 4.78 is 14.3. The molecule has 0 aliphatic rings. The first kappa shape index (κ1) is 19.4. The van der Waals surface area contributed by atoms with Gasteiger partial charge in [-0.1, -0.05) is 12.1 Å². The molecule has 6 nitrogen and oxygen atoms in total. The molecular formula is C23H19FN4O2. The van der Waals surface area contributed by atoms with Gasteiger partial charge in [0.25, 0.3) is 0 Å². The summed E-state index contributed by atoms with van der Waals surface area (Å²) in [5.74, 6) is -0.174. The Morgan fingerprint density at radius 1 is 1.07 bits per heavy atom. The van der Waals surface area contributed by atoms with Gasteiger partial charge in [-0.15, -0.1) is 0 Å². The van der Waals surface area contributed by atoms with Crippen LogP contribution in [0.5, 0.6) is 0 Å². The summed E-state index contributed by atoms with van der Waals surface area (Å²) in [6.07, 6.45) is 2.15. The summed E-state index contributed by atoms with van der Waals surface area (Å²) in [6.45, 7) is 3.83. The minimum Gasteiger partial charge on any atom is -0.465 e. The molecule has 0 unspecified atom stereocenters. The predicted molar refractivity (Wildman–Crippen MR) is 114 cm³/mol. The smallest absolute Gasteiger partial charge is 0.413 e. The largest absolute Gasteiger partial charge is 0.465 e. The van der Waals surface area contributed by atoms with E-state index >= 15 is 0 Å². The number of aryl methyl sites for hydroxylation is 1. The number of pyridine rings is 3. The standard InChI is InChI=1S/C23H19FN4O2/c1-3-28(23(29)30)22-20(18-8-4-5-11-25-18)19(21-14(2)7-6-12-26-21)16-13-15(24)9-10-17(16)27-22/h4-13H,3H2,1-2H3,(H,29,30). The van der Waals surface area contributed by atoms with Crippen molar-refractivity contribution in [1.29, 1.82) is 0 Å². The van der Waals surface area contributed by atoms with Crippen LogP contribution in [0.15, 0.2) is 60.9 Å². The highest BCUT2D eigenvalue weighted by Crippen LogP contribution is 2.42. The second-order valence-corrected chi connectivity index (χ2v) is 6.76. The van der Waals surface area contributed by atoms with Crippen LogP contribution in [-0.2, 0) is 0 Å². The van der Waals surface area contributed by atoms with Crippen molar-refractivity contribution < 1.29 is 14.3 Å². The Labute approximate surface area is 172 Å². The predicted octanol–water partition coefficient (Wildman–Crippen LogP) is 5.31. The molecule has 3 heterocycles. The van der Waals surface area contributed by atoms with Gasteiger partial charge >= 0.3 is 6.09 Å². The molecule has 7 heteroatoms. The second-order valence-electron chi connectivity index (χ2n) is 6.76. The van der Waals surface area contributed by atoms with Crippen molar-refractivity contribution in [2.45, 2.75) is 13.8 Å². The van der Waals surface area contributed by atoms with Gasteiger partial charge in [-0.05, 0) is 55.8 Å². The maximum atomic E-state index is 14.3. The molecule has 1 amide bonds. The molecule has 0 atom stereocenters. The average Bonchev–Trinajstić information content (AvgIpc) is 2.74. The monoisotopic (exact) mass is 402 g/mol. The second kappa shape index (κ2) is 7.87. The van der Waals surface area contributed by atoms with Crippen LogP contribution in [0.2, 0.25) is 0 Å². The number of amides is 1. The topological polar surface area (TPSA) is 79.2 Å². The van der Waals surface area contributed by atoms with Gasteiger partial charge in [-0.2, -0.15) is 0 Å². The number of carboxylic acid groups (broad SMARTS) is 1. The summed E-state index contributed by atoms with van der Waals surface area (Å²) in [5, 5.41) is 10.4. The van der Waals surface area contributed by atoms with Crippen LogP contribution in [-0.4, -0.2) is 32.7 Å². The van der Waals surface area contributed by atoms with E-state index in [-0.39, 0.29) is 12.4 Å². The van der Waals surface area contributed by atoms with Crippen molar-refractivity contribution in [2.75, 3.05) is 11.4 Å². The molecule has 0 radical (unpaired) electrons. The van der Waals surface area contributed by atoms with Crippen molar-refractivity contribution in [2.24, 2.45) is 0 Å². The van der Waals surface area contributed by atoms with Gasteiger partial charge in [0.15, 0.2) is 0 Å². The number of hydrogen-bond acceptors (Lipinski definition) is 4. The van der Waals surface area contributed by atoms with E-state index in [2.05, 4.69) is 15.0 Å². The summed E-state index contributed by atoms with van der Waals surface area (Å²) in [4.78, 5) is 26.8. The first-order valence-corrected chi connectivity index (χ1v) is 9.48. The number of carbonyl (C=O) groups is 1. The highest BCUT2D eigenvalue weighted by molar-refractivity contribution is 6.07. The third-order valence-electron chi connectivity index (χ3n) is 4.90. The molecule has 0 aliphatic carbocycles. The molecule has 30 heavy (non-hydrogen) atoms. The van der Waals surface area contributed by atoms with Gasteiger partial charge in [0.2, 0.25) is 0 Å². The van der Waals surface area contributed by atoms with Crippen LogP contribution in [0.25, 0.3) is 33.4 Å². The molecule has 0 bridgehead atoms. The Hall–Kier alpha value is -3.87. The van der Waals surface area contributed by atoms with Gasteiger partial charge in [0, 0.05) is 29.9 Å². The molecule has 0 saturated heterocycles. The number of aromatic nitrogens is 3. The van der Waals surface area contributed by atoms with E-state index in [1.165, 1.54) is 12.1 Å². The first-order chi connectivity index (χ1) is 14.5. The number of benzene rings is 1. The summed E-state index contributed by atoms with van der Waals surface area (Å²) >= 11 is 0. The molecule has 0 saturated carbocycles. The fourth-order valence-electron chi connectivity index (χ4n) is 3.54. The van der Waals surface area contributed by atoms with Crippen molar-refractivity contribution in [1.82, 2.24) is 15.0 Å². The number of rotatable bonds is 4. The molecule has 1 N–H and O–H groups in total. The van der Waals surface area contributed by atoms with E-state index < -0.39 is 11.9 Å². The van der Waals surface area contributed by atoms with Gasteiger partial charge < -0.3 is 5.11 Å². The molecule has 0 spiro atoms. The molecule has 1 aromatic carbocycles. The zero-order valence-electron chi connectivity index (χ0n) is 16.5. The number of anilines is 1. The Balaban J connectivity index is 2.24. The van der Waals surface area contributed by atoms with E-state index in [1.54, 1.807) is 37.5 Å². The molecule has 3 aromatic heterocycles. The lowest BCUT2D eigenvalue weighted by Gasteiger charge is -2.23. The first-order valence-electron chi connectivity index (χ1n) is 9.48. The lowest BCUT2D eigenvalue weighted by molar-refractivity contribution is 0.202. The van der Waals surface area contributed by atoms with Crippen molar-refractivity contribution >= 4 is 22.8 Å². The highest BCUT2D eigenvalue weighted by atomic mass is 19.1. The van der Waals surface area contributed by atoms with E-state index in [0.29, 0.717) is 33.4 Å². The van der Waals surface area contributed by atoms with Gasteiger partial charge in [0.1, 0.15) is 11.6 Å². The quantitative estimate of drug-likeness (QED) is 0.500. The minimum absolute atomic E-state index is 0.190. The fourth-order valence-corrected chi connectivity index (χ4v) is 3.54. The molecule has 0 aliphatic heterocycles. The van der Waals surface area contributed by atoms with Gasteiger partial charge in [0.05, 0.1) is 22.5 Å². The number of halogens is 1. The van der Waals surface area contributed by atoms with Crippen LogP contribution in [0.3, 0.4) is 0 Å². The van der Waals surface area contributed by atoms with Gasteiger partial charge in [-0.25, -0.2) is 14.2 Å². The Morgan fingerprint density at radius 2 is 1.87 bits per heavy atom. The third kappa shape index (κ3) is 3.34. The van der Waals surface area contributed by atoms with Gasteiger partial charge in [-0.3, -0.25) is 14.9 Å². The number of hydrogen-bond donors (Lipinski definition) is 1. The maximum absolute atomic E-state index is 14.3. The van der Waals surface area contributed by atoms with Crippen LogP contribution in [0.4, 0.5) is 15.0 Å².